The van der Waals surface area contributed by atoms with E-state index in [1.165, 1.54) is 32.1 Å². The van der Waals surface area contributed by atoms with Gasteiger partial charge < -0.3 is 15.5 Å². The van der Waals surface area contributed by atoms with Crippen molar-refractivity contribution in [3.8, 4) is 0 Å². The molecule has 1 saturated heterocycles. The molecule has 2 atom stereocenters. The lowest BCUT2D eigenvalue weighted by atomic mass is 10.2. The molecule has 1 aliphatic heterocycles. The van der Waals surface area contributed by atoms with E-state index in [1.54, 1.807) is 0 Å². The molecule has 0 bridgehead atoms. The van der Waals surface area contributed by atoms with Crippen LogP contribution in [0.2, 0.25) is 0 Å². The average molecular weight is 276 g/mol. The van der Waals surface area contributed by atoms with Crippen LogP contribution in [0.15, 0.2) is 0 Å². The van der Waals surface area contributed by atoms with E-state index in [0.29, 0.717) is 12.0 Å². The van der Waals surface area contributed by atoms with Gasteiger partial charge in [0.05, 0.1) is 0 Å². The maximum atomic E-state index is 4.59. The minimum Gasteiger partial charge on any atom is -0.357 e. The van der Waals surface area contributed by atoms with Crippen molar-refractivity contribution in [2.45, 2.75) is 45.1 Å². The lowest BCUT2D eigenvalue weighted by Gasteiger charge is -2.16. The Balaban J connectivity index is 1.71. The van der Waals surface area contributed by atoms with Crippen LogP contribution in [0.25, 0.3) is 0 Å². The second-order valence-electron chi connectivity index (χ2n) is 5.76. The largest absolute Gasteiger partial charge is 0.357 e. The van der Waals surface area contributed by atoms with E-state index in [-0.39, 0.29) is 0 Å². The molecule has 1 aromatic rings. The number of hydrogen-bond acceptors (Lipinski definition) is 6. The van der Waals surface area contributed by atoms with Crippen molar-refractivity contribution in [1.82, 2.24) is 15.0 Å². The van der Waals surface area contributed by atoms with Gasteiger partial charge in [0.15, 0.2) is 0 Å². The van der Waals surface area contributed by atoms with Gasteiger partial charge in [-0.1, -0.05) is 13.3 Å². The number of nitrogens with zero attached hydrogens (tertiary/aromatic N) is 4. The van der Waals surface area contributed by atoms with E-state index in [2.05, 4.69) is 37.4 Å². The van der Waals surface area contributed by atoms with Crippen molar-refractivity contribution in [3.05, 3.63) is 0 Å². The Labute approximate surface area is 120 Å². The molecule has 1 aromatic heterocycles. The molecule has 110 valence electrons. The van der Waals surface area contributed by atoms with Gasteiger partial charge in [0.2, 0.25) is 17.8 Å². The molecule has 2 aliphatic rings. The van der Waals surface area contributed by atoms with E-state index < -0.39 is 0 Å². The molecule has 6 heteroatoms. The van der Waals surface area contributed by atoms with Crippen molar-refractivity contribution in [1.29, 1.82) is 0 Å². The minimum atomic E-state index is 0.550. The normalized spacial score (nSPS) is 24.8. The Morgan fingerprint density at radius 2 is 1.90 bits per heavy atom. The first-order chi connectivity index (χ1) is 9.80. The molecule has 0 amide bonds. The van der Waals surface area contributed by atoms with Crippen LogP contribution in [0.3, 0.4) is 0 Å². The van der Waals surface area contributed by atoms with Crippen molar-refractivity contribution in [3.63, 3.8) is 0 Å². The monoisotopic (exact) mass is 276 g/mol. The molecule has 20 heavy (non-hydrogen) atoms. The molecule has 6 nitrogen and oxygen atoms in total. The summed E-state index contributed by atoms with van der Waals surface area (Å²) in [6.07, 6.45) is 6.24. The summed E-state index contributed by atoms with van der Waals surface area (Å²) in [5, 5.41) is 6.49. The minimum absolute atomic E-state index is 0.550. The molecule has 2 N–H and O–H groups in total. The van der Waals surface area contributed by atoms with Gasteiger partial charge in [-0.2, -0.15) is 15.0 Å². The summed E-state index contributed by atoms with van der Waals surface area (Å²) < 4.78 is 0. The Kier molecular flexibility index (Phi) is 3.89. The molecular weight excluding hydrogens is 252 g/mol. The van der Waals surface area contributed by atoms with Gasteiger partial charge in [-0.05, 0) is 31.6 Å². The third-order valence-corrected chi connectivity index (χ3v) is 4.13. The predicted octanol–water partition coefficient (Wildman–Crippen LogP) is 2.11. The molecule has 0 radical (unpaired) electrons. The smallest absolute Gasteiger partial charge is 0.231 e. The van der Waals surface area contributed by atoms with Crippen LogP contribution >= 0.6 is 0 Å². The van der Waals surface area contributed by atoms with Crippen LogP contribution in [-0.4, -0.2) is 41.1 Å². The molecule has 0 aromatic carbocycles. The highest BCUT2D eigenvalue weighted by Crippen LogP contribution is 2.36. The number of aromatic nitrogens is 3. The fourth-order valence-corrected chi connectivity index (χ4v) is 2.88. The quantitative estimate of drug-likeness (QED) is 0.829. The zero-order chi connectivity index (χ0) is 13.9. The summed E-state index contributed by atoms with van der Waals surface area (Å²) >= 11 is 0. The number of hydrogen-bond donors (Lipinski definition) is 2. The fraction of sp³-hybridized carbons (Fsp3) is 0.786. The molecule has 1 saturated carbocycles. The van der Waals surface area contributed by atoms with Crippen LogP contribution in [0.1, 0.15) is 39.0 Å². The molecule has 2 heterocycles. The van der Waals surface area contributed by atoms with Gasteiger partial charge in [-0.3, -0.25) is 0 Å². The first-order valence-corrected chi connectivity index (χ1v) is 7.75. The highest BCUT2D eigenvalue weighted by molar-refractivity contribution is 5.45. The summed E-state index contributed by atoms with van der Waals surface area (Å²) in [7, 11) is 1.85. The topological polar surface area (TPSA) is 66.0 Å². The first kappa shape index (κ1) is 13.4. The fourth-order valence-electron chi connectivity index (χ4n) is 2.88. The Morgan fingerprint density at radius 1 is 1.15 bits per heavy atom. The van der Waals surface area contributed by atoms with Crippen molar-refractivity contribution in [2.75, 3.05) is 35.7 Å². The van der Waals surface area contributed by atoms with E-state index >= 15 is 0 Å². The SMILES string of the molecule is CCCC1CC1Nc1nc(NC)nc(N2CCCC2)n1. The van der Waals surface area contributed by atoms with Crippen LogP contribution in [0, 0.1) is 5.92 Å². The maximum absolute atomic E-state index is 4.59. The van der Waals surface area contributed by atoms with Gasteiger partial charge in [0.25, 0.3) is 0 Å². The van der Waals surface area contributed by atoms with Gasteiger partial charge in [-0.25, -0.2) is 0 Å². The highest BCUT2D eigenvalue weighted by atomic mass is 15.3. The van der Waals surface area contributed by atoms with Gasteiger partial charge >= 0.3 is 0 Å². The lowest BCUT2D eigenvalue weighted by molar-refractivity contribution is 0.691. The van der Waals surface area contributed by atoms with Crippen LogP contribution in [0.5, 0.6) is 0 Å². The van der Waals surface area contributed by atoms with Gasteiger partial charge in [-0.15, -0.1) is 0 Å². The third-order valence-electron chi connectivity index (χ3n) is 4.13. The van der Waals surface area contributed by atoms with Gasteiger partial charge in [0.1, 0.15) is 0 Å². The lowest BCUT2D eigenvalue weighted by Crippen LogP contribution is -2.22. The van der Waals surface area contributed by atoms with E-state index in [4.69, 9.17) is 0 Å². The number of nitrogens with one attached hydrogen (secondary N) is 2. The Morgan fingerprint density at radius 3 is 2.60 bits per heavy atom. The van der Waals surface area contributed by atoms with E-state index in [9.17, 15) is 0 Å². The van der Waals surface area contributed by atoms with Crippen molar-refractivity contribution < 1.29 is 0 Å². The summed E-state index contributed by atoms with van der Waals surface area (Å²) in [6.45, 7) is 4.34. The van der Waals surface area contributed by atoms with Crippen molar-refractivity contribution >= 4 is 17.8 Å². The van der Waals surface area contributed by atoms with Crippen LogP contribution < -0.4 is 15.5 Å². The van der Waals surface area contributed by atoms with Gasteiger partial charge in [0, 0.05) is 26.2 Å². The molecule has 3 rings (SSSR count). The molecule has 0 spiro atoms. The highest BCUT2D eigenvalue weighted by Gasteiger charge is 2.36. The molecular formula is C14H24N6. The maximum Gasteiger partial charge on any atom is 0.231 e. The summed E-state index contributed by atoms with van der Waals surface area (Å²) in [4.78, 5) is 15.7. The van der Waals surface area contributed by atoms with Crippen LogP contribution in [-0.2, 0) is 0 Å². The first-order valence-electron chi connectivity index (χ1n) is 7.75. The Hall–Kier alpha value is -1.59. The average Bonchev–Trinajstić information content (AvgIpc) is 2.97. The van der Waals surface area contributed by atoms with Crippen LogP contribution in [0.4, 0.5) is 17.8 Å². The second-order valence-corrected chi connectivity index (χ2v) is 5.76. The van der Waals surface area contributed by atoms with E-state index in [0.717, 1.165) is 30.9 Å². The molecule has 1 aliphatic carbocycles. The predicted molar refractivity (Wildman–Crippen MR) is 81.2 cm³/mol. The molecule has 2 unspecified atom stereocenters. The standard InChI is InChI=1S/C14H24N6/c1-3-6-10-9-11(10)16-13-17-12(15-2)18-14(19-13)20-7-4-5-8-20/h10-11H,3-9H2,1-2H3,(H2,15,16,17,18,19). The molecule has 2 fully saturated rings. The third kappa shape index (κ3) is 2.94. The summed E-state index contributed by atoms with van der Waals surface area (Å²) in [5.41, 5.74) is 0. The Bertz CT molecular complexity index is 457. The van der Waals surface area contributed by atoms with E-state index in [1.807, 2.05) is 7.05 Å². The summed E-state index contributed by atoms with van der Waals surface area (Å²) in [5.74, 6) is 2.97. The summed E-state index contributed by atoms with van der Waals surface area (Å²) in [6, 6.07) is 0.550. The zero-order valence-corrected chi connectivity index (χ0v) is 12.4. The second kappa shape index (κ2) is 5.81. The number of anilines is 3. The number of rotatable bonds is 6. The van der Waals surface area contributed by atoms with Crippen molar-refractivity contribution in [2.24, 2.45) is 5.92 Å². The zero-order valence-electron chi connectivity index (χ0n) is 12.4.